The number of allylic oxidation sites excluding steroid dienone is 7. The van der Waals surface area contributed by atoms with Crippen LogP contribution in [0.15, 0.2) is 104 Å². The minimum absolute atomic E-state index is 0.396. The van der Waals surface area contributed by atoms with Crippen LogP contribution in [-0.4, -0.2) is 0 Å². The van der Waals surface area contributed by atoms with Gasteiger partial charge in [0, 0.05) is 5.92 Å². The van der Waals surface area contributed by atoms with Crippen LogP contribution in [0.1, 0.15) is 30.4 Å². The molecular formula is C27H24. The molecule has 0 aliphatic heterocycles. The molecule has 3 aromatic rings. The number of hydrogen-bond donors (Lipinski definition) is 0. The third kappa shape index (κ3) is 3.31. The highest BCUT2D eigenvalue weighted by atomic mass is 14.2. The maximum Gasteiger partial charge on any atom is 0.00679 e. The van der Waals surface area contributed by atoms with Crippen LogP contribution < -0.4 is 0 Å². The number of hydrogen-bond acceptors (Lipinski definition) is 0. The molecule has 0 fully saturated rings. The molecule has 0 saturated heterocycles. The summed E-state index contributed by atoms with van der Waals surface area (Å²) in [7, 11) is 0. The third-order valence-electron chi connectivity index (χ3n) is 5.32. The first-order valence-corrected chi connectivity index (χ1v) is 9.53. The molecule has 4 rings (SSSR count). The van der Waals surface area contributed by atoms with Crippen LogP contribution >= 0.6 is 0 Å². The van der Waals surface area contributed by atoms with Crippen molar-refractivity contribution in [1.29, 1.82) is 0 Å². The first-order chi connectivity index (χ1) is 13.3. The molecule has 0 bridgehead atoms. The SMILES string of the molecule is C=C/C=C(\C)c1cc(-c2ccccc2)c2ccccc2c1C1C=CC=CC1. The quantitative estimate of drug-likeness (QED) is 0.424. The minimum Gasteiger partial charge on any atom is -0.0991 e. The molecule has 1 aliphatic rings. The second kappa shape index (κ2) is 7.63. The van der Waals surface area contributed by atoms with Crippen LogP contribution in [0.2, 0.25) is 0 Å². The Balaban J connectivity index is 2.07. The summed E-state index contributed by atoms with van der Waals surface area (Å²) in [6.45, 7) is 6.10. The highest BCUT2D eigenvalue weighted by Crippen LogP contribution is 2.41. The molecule has 0 saturated carbocycles. The van der Waals surface area contributed by atoms with Gasteiger partial charge in [-0.05, 0) is 58.0 Å². The summed E-state index contributed by atoms with van der Waals surface area (Å²) in [5, 5.41) is 2.66. The van der Waals surface area contributed by atoms with E-state index in [2.05, 4.69) is 105 Å². The second-order valence-corrected chi connectivity index (χ2v) is 7.04. The fourth-order valence-corrected chi connectivity index (χ4v) is 4.04. The Kier molecular flexibility index (Phi) is 4.89. The Morgan fingerprint density at radius 3 is 2.41 bits per heavy atom. The van der Waals surface area contributed by atoms with Crippen molar-refractivity contribution < 1.29 is 0 Å². The van der Waals surface area contributed by atoms with E-state index < -0.39 is 0 Å². The molecule has 0 amide bonds. The van der Waals surface area contributed by atoms with Crippen molar-refractivity contribution >= 4 is 16.3 Å². The minimum atomic E-state index is 0.396. The summed E-state index contributed by atoms with van der Waals surface area (Å²) in [6.07, 6.45) is 13.9. The maximum absolute atomic E-state index is 3.91. The lowest BCUT2D eigenvalue weighted by Gasteiger charge is -2.23. The second-order valence-electron chi connectivity index (χ2n) is 7.04. The predicted octanol–water partition coefficient (Wildman–Crippen LogP) is 7.70. The van der Waals surface area contributed by atoms with Gasteiger partial charge in [-0.25, -0.2) is 0 Å². The summed E-state index contributed by atoms with van der Waals surface area (Å²) in [6, 6.07) is 21.9. The van der Waals surface area contributed by atoms with Crippen molar-refractivity contribution in [2.24, 2.45) is 0 Å². The van der Waals surface area contributed by atoms with Gasteiger partial charge in [-0.2, -0.15) is 0 Å². The van der Waals surface area contributed by atoms with Gasteiger partial charge < -0.3 is 0 Å². The van der Waals surface area contributed by atoms with E-state index in [4.69, 9.17) is 0 Å². The van der Waals surface area contributed by atoms with Crippen molar-refractivity contribution in [3.63, 3.8) is 0 Å². The average Bonchev–Trinajstić information content (AvgIpc) is 2.74. The van der Waals surface area contributed by atoms with Gasteiger partial charge in [-0.15, -0.1) is 0 Å². The number of benzene rings is 3. The fourth-order valence-electron chi connectivity index (χ4n) is 4.04. The number of fused-ring (bicyclic) bond motifs is 1. The maximum atomic E-state index is 3.91. The normalized spacial score (nSPS) is 16.6. The van der Waals surface area contributed by atoms with E-state index in [0.717, 1.165) is 6.42 Å². The van der Waals surface area contributed by atoms with Gasteiger partial charge in [0.25, 0.3) is 0 Å². The zero-order valence-electron chi connectivity index (χ0n) is 15.7. The highest BCUT2D eigenvalue weighted by Gasteiger charge is 2.20. The van der Waals surface area contributed by atoms with Gasteiger partial charge in [0.05, 0.1) is 0 Å². The van der Waals surface area contributed by atoms with Crippen molar-refractivity contribution in [3.8, 4) is 11.1 Å². The third-order valence-corrected chi connectivity index (χ3v) is 5.32. The topological polar surface area (TPSA) is 0 Å². The van der Waals surface area contributed by atoms with Crippen molar-refractivity contribution in [2.45, 2.75) is 19.3 Å². The van der Waals surface area contributed by atoms with E-state index in [0.29, 0.717) is 5.92 Å². The summed E-state index contributed by atoms with van der Waals surface area (Å²) < 4.78 is 0. The Labute approximate surface area is 161 Å². The zero-order valence-corrected chi connectivity index (χ0v) is 15.7. The summed E-state index contributed by atoms with van der Waals surface area (Å²) in [5.41, 5.74) is 6.54. The van der Waals surface area contributed by atoms with Gasteiger partial charge >= 0.3 is 0 Å². The average molecular weight is 348 g/mol. The first kappa shape index (κ1) is 17.3. The molecule has 27 heavy (non-hydrogen) atoms. The van der Waals surface area contributed by atoms with Gasteiger partial charge in [0.2, 0.25) is 0 Å². The lowest BCUT2D eigenvalue weighted by atomic mass is 9.81. The summed E-state index contributed by atoms with van der Waals surface area (Å²) in [5.74, 6) is 0.396. The van der Waals surface area contributed by atoms with Gasteiger partial charge in [-0.1, -0.05) is 97.6 Å². The lowest BCUT2D eigenvalue weighted by Crippen LogP contribution is -2.03. The smallest absolute Gasteiger partial charge is 0.00679 e. The standard InChI is InChI=1S/C27H24/c1-3-12-20(2)25-19-26(21-13-6-4-7-14-21)23-17-10-11-18-24(23)27(25)22-15-8-5-9-16-22/h3-15,17-19,22H,1,16H2,2H3/b20-12+. The van der Waals surface area contributed by atoms with Crippen LogP contribution in [0.4, 0.5) is 0 Å². The van der Waals surface area contributed by atoms with E-state index in [9.17, 15) is 0 Å². The summed E-state index contributed by atoms with van der Waals surface area (Å²) >= 11 is 0. The molecule has 0 radical (unpaired) electrons. The first-order valence-electron chi connectivity index (χ1n) is 9.53. The number of rotatable bonds is 4. The molecule has 0 spiro atoms. The highest BCUT2D eigenvalue weighted by molar-refractivity contribution is 6.02. The predicted molar refractivity (Wildman–Crippen MR) is 119 cm³/mol. The molecule has 0 heteroatoms. The largest absolute Gasteiger partial charge is 0.0991 e. The van der Waals surface area contributed by atoms with E-state index in [-0.39, 0.29) is 0 Å². The van der Waals surface area contributed by atoms with E-state index in [1.54, 1.807) is 0 Å². The van der Waals surface area contributed by atoms with E-state index >= 15 is 0 Å². The Hall–Kier alpha value is -3.12. The summed E-state index contributed by atoms with van der Waals surface area (Å²) in [4.78, 5) is 0. The zero-order chi connectivity index (χ0) is 18.6. The van der Waals surface area contributed by atoms with Crippen molar-refractivity contribution in [1.82, 2.24) is 0 Å². The Bertz CT molecular complexity index is 1060. The molecular weight excluding hydrogens is 324 g/mol. The molecule has 1 unspecified atom stereocenters. The molecule has 3 aromatic carbocycles. The fraction of sp³-hybridized carbons (Fsp3) is 0.111. The van der Waals surface area contributed by atoms with Crippen LogP contribution in [-0.2, 0) is 0 Å². The Morgan fingerprint density at radius 1 is 0.963 bits per heavy atom. The molecule has 132 valence electrons. The lowest BCUT2D eigenvalue weighted by molar-refractivity contribution is 0.859. The molecule has 0 aromatic heterocycles. The monoisotopic (exact) mass is 348 g/mol. The molecule has 0 N–H and O–H groups in total. The Morgan fingerprint density at radius 2 is 1.70 bits per heavy atom. The van der Waals surface area contributed by atoms with Gasteiger partial charge in [0.15, 0.2) is 0 Å². The van der Waals surface area contributed by atoms with Crippen LogP contribution in [0.5, 0.6) is 0 Å². The van der Waals surface area contributed by atoms with Gasteiger partial charge in [-0.3, -0.25) is 0 Å². The van der Waals surface area contributed by atoms with Crippen LogP contribution in [0.3, 0.4) is 0 Å². The molecule has 0 heterocycles. The molecule has 1 aliphatic carbocycles. The van der Waals surface area contributed by atoms with Crippen molar-refractivity contribution in [2.75, 3.05) is 0 Å². The van der Waals surface area contributed by atoms with Crippen molar-refractivity contribution in [3.05, 3.63) is 115 Å². The van der Waals surface area contributed by atoms with Gasteiger partial charge in [0.1, 0.15) is 0 Å². The van der Waals surface area contributed by atoms with Crippen LogP contribution in [0, 0.1) is 0 Å². The van der Waals surface area contributed by atoms with Crippen LogP contribution in [0.25, 0.3) is 27.5 Å². The van der Waals surface area contributed by atoms with E-state index in [1.807, 2.05) is 6.08 Å². The molecule has 0 nitrogen and oxygen atoms in total. The van der Waals surface area contributed by atoms with E-state index in [1.165, 1.54) is 38.6 Å². The molecule has 1 atom stereocenters.